The number of halogens is 1. The quantitative estimate of drug-likeness (QED) is 0.494. The molecule has 0 bridgehead atoms. The molecular formula is C12H17Cl. The number of unbranched alkanes of at least 4 members (excludes halogenated alkanes) is 2. The van der Waals surface area contributed by atoms with Crippen molar-refractivity contribution < 1.29 is 0 Å². The second kappa shape index (κ2) is 6.04. The van der Waals surface area contributed by atoms with Crippen molar-refractivity contribution in [3.8, 4) is 0 Å². The summed E-state index contributed by atoms with van der Waals surface area (Å²) in [6.07, 6.45) is 4.84. The van der Waals surface area contributed by atoms with Gasteiger partial charge in [0.15, 0.2) is 0 Å². The average molecular weight is 197 g/mol. The fourth-order valence-electron chi connectivity index (χ4n) is 1.36. The van der Waals surface area contributed by atoms with Gasteiger partial charge in [-0.1, -0.05) is 36.2 Å². The van der Waals surface area contributed by atoms with E-state index in [9.17, 15) is 0 Å². The third kappa shape index (κ3) is 4.33. The lowest BCUT2D eigenvalue weighted by molar-refractivity contribution is 0.720. The first-order valence-electron chi connectivity index (χ1n) is 4.94. The van der Waals surface area contributed by atoms with Gasteiger partial charge in [0.25, 0.3) is 0 Å². The Balaban J connectivity index is 2.25. The molecule has 0 aliphatic heterocycles. The van der Waals surface area contributed by atoms with Gasteiger partial charge in [-0.15, -0.1) is 11.6 Å². The molecule has 0 aliphatic carbocycles. The molecule has 0 saturated heterocycles. The molecule has 1 aromatic rings. The van der Waals surface area contributed by atoms with E-state index in [2.05, 4.69) is 31.2 Å². The van der Waals surface area contributed by atoms with Crippen LogP contribution in [0.1, 0.15) is 30.4 Å². The van der Waals surface area contributed by atoms with Crippen molar-refractivity contribution in [2.24, 2.45) is 0 Å². The lowest BCUT2D eigenvalue weighted by Crippen LogP contribution is -1.86. The van der Waals surface area contributed by atoms with Crippen LogP contribution in [0.15, 0.2) is 24.3 Å². The SMILES string of the molecule is Cc1ccc(CCCCCCl)cc1. The average Bonchev–Trinajstić information content (AvgIpc) is 2.15. The Morgan fingerprint density at radius 3 is 2.31 bits per heavy atom. The molecule has 0 fully saturated rings. The summed E-state index contributed by atoms with van der Waals surface area (Å²) in [6.45, 7) is 2.12. The summed E-state index contributed by atoms with van der Waals surface area (Å²) < 4.78 is 0. The van der Waals surface area contributed by atoms with Gasteiger partial charge in [-0.05, 0) is 31.7 Å². The topological polar surface area (TPSA) is 0 Å². The van der Waals surface area contributed by atoms with Crippen LogP contribution < -0.4 is 0 Å². The Morgan fingerprint density at radius 1 is 1.00 bits per heavy atom. The van der Waals surface area contributed by atoms with Gasteiger partial charge < -0.3 is 0 Å². The smallest absolute Gasteiger partial charge is 0.0223 e. The lowest BCUT2D eigenvalue weighted by atomic mass is 10.1. The van der Waals surface area contributed by atoms with Crippen LogP contribution in [0.25, 0.3) is 0 Å². The van der Waals surface area contributed by atoms with E-state index in [1.165, 1.54) is 30.4 Å². The van der Waals surface area contributed by atoms with E-state index in [1.807, 2.05) is 0 Å². The van der Waals surface area contributed by atoms with Crippen LogP contribution in [0.5, 0.6) is 0 Å². The molecule has 0 nitrogen and oxygen atoms in total. The molecule has 0 spiro atoms. The summed E-state index contributed by atoms with van der Waals surface area (Å²) in [5.41, 5.74) is 2.78. The third-order valence-electron chi connectivity index (χ3n) is 2.22. The Morgan fingerprint density at radius 2 is 1.69 bits per heavy atom. The van der Waals surface area contributed by atoms with Crippen molar-refractivity contribution in [1.29, 1.82) is 0 Å². The second-order valence-corrected chi connectivity index (χ2v) is 3.86. The molecule has 0 unspecified atom stereocenters. The Hall–Kier alpha value is -0.490. The zero-order chi connectivity index (χ0) is 9.52. The second-order valence-electron chi connectivity index (χ2n) is 3.49. The largest absolute Gasteiger partial charge is 0.127 e. The van der Waals surface area contributed by atoms with E-state index in [0.717, 1.165) is 12.3 Å². The van der Waals surface area contributed by atoms with Gasteiger partial charge in [-0.25, -0.2) is 0 Å². The Kier molecular flexibility index (Phi) is 4.92. The molecule has 0 atom stereocenters. The summed E-state index contributed by atoms with van der Waals surface area (Å²) in [5, 5.41) is 0. The number of hydrogen-bond donors (Lipinski definition) is 0. The first kappa shape index (κ1) is 10.6. The number of aryl methyl sites for hydroxylation is 2. The van der Waals surface area contributed by atoms with Crippen molar-refractivity contribution in [3.05, 3.63) is 35.4 Å². The van der Waals surface area contributed by atoms with Gasteiger partial charge in [0.05, 0.1) is 0 Å². The van der Waals surface area contributed by atoms with Crippen LogP contribution in [0.3, 0.4) is 0 Å². The number of alkyl halides is 1. The molecule has 1 aromatic carbocycles. The van der Waals surface area contributed by atoms with Crippen LogP contribution in [-0.2, 0) is 6.42 Å². The molecule has 1 heteroatoms. The predicted molar refractivity (Wildman–Crippen MR) is 59.5 cm³/mol. The summed E-state index contributed by atoms with van der Waals surface area (Å²) >= 11 is 5.60. The van der Waals surface area contributed by atoms with Gasteiger partial charge in [0.2, 0.25) is 0 Å². The maximum atomic E-state index is 5.60. The first-order valence-corrected chi connectivity index (χ1v) is 5.48. The highest BCUT2D eigenvalue weighted by molar-refractivity contribution is 6.17. The molecule has 0 saturated carbocycles. The molecule has 0 aliphatic rings. The van der Waals surface area contributed by atoms with Crippen LogP contribution >= 0.6 is 11.6 Å². The minimum atomic E-state index is 0.800. The number of rotatable bonds is 5. The van der Waals surface area contributed by atoms with Crippen LogP contribution in [0, 0.1) is 6.92 Å². The van der Waals surface area contributed by atoms with E-state index >= 15 is 0 Å². The summed E-state index contributed by atoms with van der Waals surface area (Å²) in [7, 11) is 0. The van der Waals surface area contributed by atoms with Crippen LogP contribution in [0.2, 0.25) is 0 Å². The lowest BCUT2D eigenvalue weighted by Gasteiger charge is -2.00. The fraction of sp³-hybridized carbons (Fsp3) is 0.500. The molecular weight excluding hydrogens is 180 g/mol. The highest BCUT2D eigenvalue weighted by Crippen LogP contribution is 2.08. The molecule has 13 heavy (non-hydrogen) atoms. The summed E-state index contributed by atoms with van der Waals surface area (Å²) in [4.78, 5) is 0. The fourth-order valence-corrected chi connectivity index (χ4v) is 1.54. The van der Waals surface area contributed by atoms with E-state index in [1.54, 1.807) is 0 Å². The Bertz CT molecular complexity index is 225. The minimum absolute atomic E-state index is 0.800. The third-order valence-corrected chi connectivity index (χ3v) is 2.49. The summed E-state index contributed by atoms with van der Waals surface area (Å²) in [6, 6.07) is 8.79. The van der Waals surface area contributed by atoms with Crippen molar-refractivity contribution in [3.63, 3.8) is 0 Å². The molecule has 0 amide bonds. The molecule has 1 rings (SSSR count). The highest BCUT2D eigenvalue weighted by atomic mass is 35.5. The standard InChI is InChI=1S/C12H17Cl/c1-11-6-8-12(9-7-11)5-3-2-4-10-13/h6-9H,2-5,10H2,1H3. The maximum absolute atomic E-state index is 5.60. The number of hydrogen-bond acceptors (Lipinski definition) is 0. The molecule has 0 N–H and O–H groups in total. The minimum Gasteiger partial charge on any atom is -0.127 e. The van der Waals surface area contributed by atoms with Crippen LogP contribution in [-0.4, -0.2) is 5.88 Å². The molecule has 0 aromatic heterocycles. The van der Waals surface area contributed by atoms with Gasteiger partial charge in [-0.2, -0.15) is 0 Å². The van der Waals surface area contributed by atoms with Gasteiger partial charge in [0, 0.05) is 5.88 Å². The van der Waals surface area contributed by atoms with Gasteiger partial charge in [-0.3, -0.25) is 0 Å². The van der Waals surface area contributed by atoms with E-state index in [4.69, 9.17) is 11.6 Å². The number of benzene rings is 1. The molecule has 0 radical (unpaired) electrons. The zero-order valence-corrected chi connectivity index (χ0v) is 8.98. The van der Waals surface area contributed by atoms with Crippen molar-refractivity contribution in [1.82, 2.24) is 0 Å². The molecule has 72 valence electrons. The monoisotopic (exact) mass is 196 g/mol. The van der Waals surface area contributed by atoms with Crippen molar-refractivity contribution in [2.45, 2.75) is 32.6 Å². The van der Waals surface area contributed by atoms with Crippen molar-refractivity contribution in [2.75, 3.05) is 5.88 Å². The van der Waals surface area contributed by atoms with E-state index < -0.39 is 0 Å². The summed E-state index contributed by atoms with van der Waals surface area (Å²) in [5.74, 6) is 0.800. The highest BCUT2D eigenvalue weighted by Gasteiger charge is 1.92. The Labute approximate surface area is 85.9 Å². The first-order chi connectivity index (χ1) is 6.33. The normalized spacial score (nSPS) is 10.3. The zero-order valence-electron chi connectivity index (χ0n) is 8.22. The van der Waals surface area contributed by atoms with E-state index in [-0.39, 0.29) is 0 Å². The van der Waals surface area contributed by atoms with Crippen LogP contribution in [0.4, 0.5) is 0 Å². The van der Waals surface area contributed by atoms with Gasteiger partial charge >= 0.3 is 0 Å². The maximum Gasteiger partial charge on any atom is 0.0223 e. The predicted octanol–water partition coefficient (Wildman–Crippen LogP) is 3.95. The van der Waals surface area contributed by atoms with E-state index in [0.29, 0.717) is 0 Å². The van der Waals surface area contributed by atoms with Crippen molar-refractivity contribution >= 4 is 11.6 Å². The molecule has 0 heterocycles. The van der Waals surface area contributed by atoms with Gasteiger partial charge in [0.1, 0.15) is 0 Å².